The maximum Gasteiger partial charge on any atom is 0.251 e. The fourth-order valence-electron chi connectivity index (χ4n) is 3.97. The fourth-order valence-corrected chi connectivity index (χ4v) is 3.97. The van der Waals surface area contributed by atoms with Crippen LogP contribution in [0.15, 0.2) is 18.2 Å². The first kappa shape index (κ1) is 18.0. The lowest BCUT2D eigenvalue weighted by Crippen LogP contribution is -2.39. The smallest absolute Gasteiger partial charge is 0.251 e. The Balaban J connectivity index is 1.56. The summed E-state index contributed by atoms with van der Waals surface area (Å²) in [5, 5.41) is 4.26. The van der Waals surface area contributed by atoms with Gasteiger partial charge in [0, 0.05) is 48.3 Å². The maximum atomic E-state index is 12.5. The van der Waals surface area contributed by atoms with Crippen LogP contribution in [0.5, 0.6) is 0 Å². The molecular weight excluding hydrogens is 310 g/mol. The van der Waals surface area contributed by atoms with Crippen LogP contribution in [0.2, 0.25) is 0 Å². The minimum Gasteiger partial charge on any atom is -0.352 e. The number of carbonyl (C=O) groups excluding carboxylic acids is 1. The van der Waals surface area contributed by atoms with Crippen LogP contribution in [0, 0.1) is 13.8 Å². The Bertz CT molecular complexity index is 762. The van der Waals surface area contributed by atoms with E-state index in [9.17, 15) is 4.79 Å². The average Bonchev–Trinajstić information content (AvgIpc) is 2.84. The van der Waals surface area contributed by atoms with Crippen molar-refractivity contribution in [2.24, 2.45) is 7.05 Å². The molecule has 1 atom stereocenters. The molecule has 2 heterocycles. The third-order valence-electron chi connectivity index (χ3n) is 5.92. The van der Waals surface area contributed by atoms with E-state index in [4.69, 9.17) is 0 Å². The molecule has 0 aliphatic carbocycles. The van der Waals surface area contributed by atoms with Crippen LogP contribution in [0.1, 0.15) is 54.2 Å². The summed E-state index contributed by atoms with van der Waals surface area (Å²) in [5.74, 6) is 0.0366. The normalized spacial score (nSPS) is 18.6. The minimum atomic E-state index is 0.0366. The quantitative estimate of drug-likeness (QED) is 0.840. The number of rotatable bonds is 5. The van der Waals surface area contributed by atoms with E-state index in [0.29, 0.717) is 6.04 Å². The molecule has 1 fully saturated rings. The summed E-state index contributed by atoms with van der Waals surface area (Å²) in [7, 11) is 2.08. The Hall–Kier alpha value is -1.81. The molecule has 3 rings (SSSR count). The third kappa shape index (κ3) is 3.74. The standard InChI is InChI=1S/C21H31N3O/c1-15-8-5-6-12-24(15)13-7-11-22-21(25)18-9-10-20-19(14-18)16(2)17(3)23(20)4/h9-10,14-15H,5-8,11-13H2,1-4H3,(H,22,25)/t15-/m1/s1. The van der Waals surface area contributed by atoms with Crippen LogP contribution in [0.25, 0.3) is 10.9 Å². The Morgan fingerprint density at radius 1 is 1.28 bits per heavy atom. The van der Waals surface area contributed by atoms with Crippen molar-refractivity contribution in [2.45, 2.75) is 52.5 Å². The van der Waals surface area contributed by atoms with Gasteiger partial charge in [0.25, 0.3) is 5.91 Å². The molecule has 1 amide bonds. The van der Waals surface area contributed by atoms with Crippen LogP contribution in [-0.4, -0.2) is 41.1 Å². The highest BCUT2D eigenvalue weighted by Gasteiger charge is 2.17. The van der Waals surface area contributed by atoms with Gasteiger partial charge in [0.05, 0.1) is 0 Å². The Labute approximate surface area is 151 Å². The van der Waals surface area contributed by atoms with E-state index in [1.807, 2.05) is 12.1 Å². The first-order chi connectivity index (χ1) is 12.0. The number of hydrogen-bond donors (Lipinski definition) is 1. The van der Waals surface area contributed by atoms with Crippen molar-refractivity contribution >= 4 is 16.8 Å². The molecule has 136 valence electrons. The van der Waals surface area contributed by atoms with E-state index in [2.05, 4.69) is 48.7 Å². The molecule has 0 radical (unpaired) electrons. The molecule has 4 heteroatoms. The van der Waals surface area contributed by atoms with Crippen molar-refractivity contribution < 1.29 is 4.79 Å². The Morgan fingerprint density at radius 2 is 2.08 bits per heavy atom. The predicted molar refractivity (Wildman–Crippen MR) is 104 cm³/mol. The highest BCUT2D eigenvalue weighted by Crippen LogP contribution is 2.25. The molecule has 0 spiro atoms. The van der Waals surface area contributed by atoms with Gasteiger partial charge in [-0.15, -0.1) is 0 Å². The number of piperidine rings is 1. The van der Waals surface area contributed by atoms with E-state index in [1.54, 1.807) is 0 Å². The van der Waals surface area contributed by atoms with Crippen LogP contribution in [-0.2, 0) is 7.05 Å². The van der Waals surface area contributed by atoms with Gasteiger partial charge in [0.15, 0.2) is 0 Å². The fraction of sp³-hybridized carbons (Fsp3) is 0.571. The van der Waals surface area contributed by atoms with Gasteiger partial charge in [-0.25, -0.2) is 0 Å². The van der Waals surface area contributed by atoms with E-state index in [0.717, 1.165) is 25.1 Å². The highest BCUT2D eigenvalue weighted by molar-refractivity contribution is 5.99. The van der Waals surface area contributed by atoms with E-state index < -0.39 is 0 Å². The summed E-state index contributed by atoms with van der Waals surface area (Å²) < 4.78 is 2.19. The number of benzene rings is 1. The molecule has 1 N–H and O–H groups in total. The van der Waals surface area contributed by atoms with Crippen molar-refractivity contribution in [1.82, 2.24) is 14.8 Å². The lowest BCUT2D eigenvalue weighted by atomic mass is 10.0. The molecule has 25 heavy (non-hydrogen) atoms. The molecule has 1 aromatic carbocycles. The van der Waals surface area contributed by atoms with Gasteiger partial charge >= 0.3 is 0 Å². The van der Waals surface area contributed by atoms with E-state index in [-0.39, 0.29) is 5.91 Å². The number of hydrogen-bond acceptors (Lipinski definition) is 2. The number of likely N-dealkylation sites (tertiary alicyclic amines) is 1. The molecule has 0 saturated carbocycles. The van der Waals surface area contributed by atoms with E-state index >= 15 is 0 Å². The van der Waals surface area contributed by atoms with Gasteiger partial charge < -0.3 is 14.8 Å². The molecule has 1 aromatic heterocycles. The summed E-state index contributed by atoms with van der Waals surface area (Å²) in [4.78, 5) is 15.0. The number of aryl methyl sites for hydroxylation is 2. The maximum absolute atomic E-state index is 12.5. The second-order valence-electron chi connectivity index (χ2n) is 7.49. The highest BCUT2D eigenvalue weighted by atomic mass is 16.1. The van der Waals surface area contributed by atoms with Gasteiger partial charge in [-0.1, -0.05) is 6.42 Å². The van der Waals surface area contributed by atoms with Crippen LogP contribution in [0.4, 0.5) is 0 Å². The molecule has 0 bridgehead atoms. The topological polar surface area (TPSA) is 37.3 Å². The number of aromatic nitrogens is 1. The first-order valence-electron chi connectivity index (χ1n) is 9.57. The van der Waals surface area contributed by atoms with Gasteiger partial charge in [0.2, 0.25) is 0 Å². The molecular formula is C21H31N3O. The van der Waals surface area contributed by atoms with Crippen molar-refractivity contribution in [2.75, 3.05) is 19.6 Å². The van der Waals surface area contributed by atoms with Crippen LogP contribution >= 0.6 is 0 Å². The van der Waals surface area contributed by atoms with Gasteiger partial charge in [0.1, 0.15) is 0 Å². The largest absolute Gasteiger partial charge is 0.352 e. The van der Waals surface area contributed by atoms with Crippen molar-refractivity contribution in [3.8, 4) is 0 Å². The Kier molecular flexibility index (Phi) is 5.48. The second kappa shape index (κ2) is 7.61. The van der Waals surface area contributed by atoms with E-state index in [1.165, 1.54) is 48.0 Å². The molecule has 1 aliphatic rings. The third-order valence-corrected chi connectivity index (χ3v) is 5.92. The van der Waals surface area contributed by atoms with Crippen molar-refractivity contribution in [1.29, 1.82) is 0 Å². The lowest BCUT2D eigenvalue weighted by Gasteiger charge is -2.33. The summed E-state index contributed by atoms with van der Waals surface area (Å²) in [6.45, 7) is 9.59. The summed E-state index contributed by atoms with van der Waals surface area (Å²) >= 11 is 0. The predicted octanol–water partition coefficient (Wildman–Crippen LogP) is 3.79. The van der Waals surface area contributed by atoms with Gasteiger partial charge in [-0.2, -0.15) is 0 Å². The molecule has 1 saturated heterocycles. The summed E-state index contributed by atoms with van der Waals surface area (Å²) in [6.07, 6.45) is 4.99. The molecule has 0 unspecified atom stereocenters. The second-order valence-corrected chi connectivity index (χ2v) is 7.49. The van der Waals surface area contributed by atoms with Gasteiger partial charge in [-0.3, -0.25) is 4.79 Å². The van der Waals surface area contributed by atoms with Crippen LogP contribution < -0.4 is 5.32 Å². The number of nitrogens with one attached hydrogen (secondary N) is 1. The zero-order valence-corrected chi connectivity index (χ0v) is 16.1. The number of nitrogens with zero attached hydrogens (tertiary/aromatic N) is 2. The molecule has 1 aliphatic heterocycles. The number of fused-ring (bicyclic) bond motifs is 1. The number of amides is 1. The molecule has 2 aromatic rings. The summed E-state index contributed by atoms with van der Waals surface area (Å²) in [5.41, 5.74) is 4.45. The first-order valence-corrected chi connectivity index (χ1v) is 9.57. The monoisotopic (exact) mass is 341 g/mol. The zero-order chi connectivity index (χ0) is 18.0. The van der Waals surface area contributed by atoms with Crippen molar-refractivity contribution in [3.63, 3.8) is 0 Å². The zero-order valence-electron chi connectivity index (χ0n) is 16.1. The summed E-state index contributed by atoms with van der Waals surface area (Å²) in [6, 6.07) is 6.71. The minimum absolute atomic E-state index is 0.0366. The lowest BCUT2D eigenvalue weighted by molar-refractivity contribution is 0.0949. The van der Waals surface area contributed by atoms with Crippen molar-refractivity contribution in [3.05, 3.63) is 35.0 Å². The van der Waals surface area contributed by atoms with Gasteiger partial charge in [-0.05, 0) is 70.3 Å². The number of carbonyl (C=O) groups is 1. The Morgan fingerprint density at radius 3 is 2.84 bits per heavy atom. The van der Waals surface area contributed by atoms with Crippen LogP contribution in [0.3, 0.4) is 0 Å². The average molecular weight is 341 g/mol. The SMILES string of the molecule is Cc1c(C)n(C)c2ccc(C(=O)NCCCN3CCCC[C@H]3C)cc12. The molecule has 4 nitrogen and oxygen atoms in total.